The maximum absolute atomic E-state index is 11.9. The minimum atomic E-state index is -1.78. The van der Waals surface area contributed by atoms with Gasteiger partial charge in [0.15, 0.2) is 5.41 Å². The topological polar surface area (TPSA) is 74.6 Å². The minimum absolute atomic E-state index is 0.105. The molecule has 0 aliphatic rings. The molecule has 0 saturated heterocycles. The maximum Gasteiger partial charge on any atom is 0.321 e. The molecule has 0 heterocycles. The third kappa shape index (κ3) is 4.22. The van der Waals surface area contributed by atoms with Crippen LogP contribution >= 0.6 is 0 Å². The van der Waals surface area contributed by atoms with E-state index in [-0.39, 0.29) is 17.3 Å². The zero-order valence-electron chi connectivity index (χ0n) is 14.1. The van der Waals surface area contributed by atoms with Crippen molar-refractivity contribution in [1.29, 1.82) is 0 Å². The highest BCUT2D eigenvalue weighted by Crippen LogP contribution is 2.52. The number of carboxylic acid groups (broad SMARTS) is 2. The van der Waals surface area contributed by atoms with Gasteiger partial charge >= 0.3 is 11.9 Å². The molecular weight excluding hydrogens is 256 g/mol. The Balaban J connectivity index is 5.98. The number of hydrogen-bond donors (Lipinski definition) is 2. The molecule has 0 aromatic carbocycles. The van der Waals surface area contributed by atoms with Gasteiger partial charge in [0.1, 0.15) is 0 Å². The predicted molar refractivity (Wildman–Crippen MR) is 79.6 cm³/mol. The molecule has 4 nitrogen and oxygen atoms in total. The Morgan fingerprint density at radius 1 is 0.700 bits per heavy atom. The second kappa shape index (κ2) is 5.38. The van der Waals surface area contributed by atoms with E-state index in [4.69, 9.17) is 0 Å². The fourth-order valence-electron chi connectivity index (χ4n) is 3.33. The average Bonchev–Trinajstić information content (AvgIpc) is 2.06. The van der Waals surface area contributed by atoms with E-state index in [1.807, 2.05) is 41.5 Å². The molecule has 0 rings (SSSR count). The van der Waals surface area contributed by atoms with E-state index < -0.39 is 22.8 Å². The Hall–Kier alpha value is -1.06. The molecular formula is C16H30O4. The van der Waals surface area contributed by atoms with Crippen LogP contribution in [0.3, 0.4) is 0 Å². The van der Waals surface area contributed by atoms with Gasteiger partial charge in [-0.3, -0.25) is 9.59 Å². The second-order valence-corrected chi connectivity index (χ2v) is 8.87. The molecule has 0 saturated carbocycles. The van der Waals surface area contributed by atoms with E-state index in [1.165, 1.54) is 0 Å². The molecule has 0 unspecified atom stereocenters. The van der Waals surface area contributed by atoms with Crippen LogP contribution in [0.1, 0.15) is 68.2 Å². The van der Waals surface area contributed by atoms with Crippen LogP contribution in [0.25, 0.3) is 0 Å². The highest BCUT2D eigenvalue weighted by atomic mass is 16.4. The first-order valence-corrected chi connectivity index (χ1v) is 7.02. The lowest BCUT2D eigenvalue weighted by Crippen LogP contribution is -2.53. The Morgan fingerprint density at radius 3 is 1.20 bits per heavy atom. The van der Waals surface area contributed by atoms with Crippen molar-refractivity contribution in [2.24, 2.45) is 21.7 Å². The number of hydrogen-bond acceptors (Lipinski definition) is 2. The molecule has 0 amide bonds. The molecule has 0 radical (unpaired) electrons. The molecule has 0 aromatic rings. The molecule has 0 bridgehead atoms. The molecule has 118 valence electrons. The van der Waals surface area contributed by atoms with Crippen LogP contribution in [-0.4, -0.2) is 22.2 Å². The highest BCUT2D eigenvalue weighted by Gasteiger charge is 2.59. The van der Waals surface area contributed by atoms with Gasteiger partial charge in [0.05, 0.1) is 0 Å². The summed E-state index contributed by atoms with van der Waals surface area (Å²) in [6.07, 6.45) is 0.627. The summed E-state index contributed by atoms with van der Waals surface area (Å²) in [5.74, 6) is -2.48. The van der Waals surface area contributed by atoms with Gasteiger partial charge in [-0.05, 0) is 29.1 Å². The van der Waals surface area contributed by atoms with Crippen LogP contribution in [0.2, 0.25) is 0 Å². The summed E-state index contributed by atoms with van der Waals surface area (Å²) in [5.41, 5.74) is -3.15. The van der Waals surface area contributed by atoms with Crippen molar-refractivity contribution in [3.05, 3.63) is 0 Å². The molecule has 0 aliphatic carbocycles. The zero-order chi connectivity index (χ0) is 16.6. The summed E-state index contributed by atoms with van der Waals surface area (Å²) in [6, 6.07) is 0. The van der Waals surface area contributed by atoms with E-state index in [0.29, 0.717) is 6.42 Å². The monoisotopic (exact) mass is 286 g/mol. The van der Waals surface area contributed by atoms with Crippen LogP contribution in [-0.2, 0) is 9.59 Å². The zero-order valence-corrected chi connectivity index (χ0v) is 14.1. The van der Waals surface area contributed by atoms with E-state index in [2.05, 4.69) is 0 Å². The molecule has 0 atom stereocenters. The lowest BCUT2D eigenvalue weighted by molar-refractivity contribution is -0.180. The predicted octanol–water partition coefficient (Wildman–Crippen LogP) is 4.04. The van der Waals surface area contributed by atoms with Gasteiger partial charge in [-0.25, -0.2) is 0 Å². The fraction of sp³-hybridized carbons (Fsp3) is 0.875. The second-order valence-electron chi connectivity index (χ2n) is 8.87. The van der Waals surface area contributed by atoms with Crippen molar-refractivity contribution >= 4 is 11.9 Å². The molecule has 4 heteroatoms. The Morgan fingerprint density at radius 2 is 1.00 bits per heavy atom. The smallest absolute Gasteiger partial charge is 0.321 e. The van der Waals surface area contributed by atoms with Crippen molar-refractivity contribution in [2.75, 3.05) is 0 Å². The van der Waals surface area contributed by atoms with Crippen LogP contribution in [0.15, 0.2) is 0 Å². The maximum atomic E-state index is 11.9. The van der Waals surface area contributed by atoms with Gasteiger partial charge in [-0.2, -0.15) is 0 Å². The van der Waals surface area contributed by atoms with Gasteiger partial charge in [0.25, 0.3) is 0 Å². The molecule has 0 spiro atoms. The van der Waals surface area contributed by atoms with Crippen molar-refractivity contribution in [3.8, 4) is 0 Å². The van der Waals surface area contributed by atoms with Crippen molar-refractivity contribution in [3.63, 3.8) is 0 Å². The first-order valence-electron chi connectivity index (χ1n) is 7.02. The standard InChI is InChI=1S/C16H30O4/c1-13(2,3)9-15(7,8)16(11(17)18,12(19)20)10-14(4,5)6/h9-10H2,1-8H3,(H,17,18)(H,19,20). The lowest BCUT2D eigenvalue weighted by atomic mass is 9.55. The summed E-state index contributed by atoms with van der Waals surface area (Å²) in [4.78, 5) is 23.8. The number of rotatable bonds is 5. The lowest BCUT2D eigenvalue weighted by Gasteiger charge is -2.46. The van der Waals surface area contributed by atoms with Gasteiger partial charge in [-0.15, -0.1) is 0 Å². The number of carbonyl (C=O) groups is 2. The van der Waals surface area contributed by atoms with E-state index in [9.17, 15) is 19.8 Å². The van der Waals surface area contributed by atoms with E-state index in [1.54, 1.807) is 13.8 Å². The third-order valence-corrected chi connectivity index (χ3v) is 3.65. The van der Waals surface area contributed by atoms with Gasteiger partial charge < -0.3 is 10.2 Å². The SMILES string of the molecule is CC(C)(C)CC(C)(C)C(CC(C)(C)C)(C(=O)O)C(=O)O. The third-order valence-electron chi connectivity index (χ3n) is 3.65. The highest BCUT2D eigenvalue weighted by molar-refractivity contribution is 5.99. The minimum Gasteiger partial charge on any atom is -0.480 e. The van der Waals surface area contributed by atoms with E-state index in [0.717, 1.165) is 0 Å². The molecule has 0 aromatic heterocycles. The van der Waals surface area contributed by atoms with Crippen LogP contribution in [0.5, 0.6) is 0 Å². The summed E-state index contributed by atoms with van der Waals surface area (Å²) >= 11 is 0. The van der Waals surface area contributed by atoms with Crippen molar-refractivity contribution < 1.29 is 19.8 Å². The first kappa shape index (κ1) is 18.9. The van der Waals surface area contributed by atoms with Crippen LogP contribution < -0.4 is 0 Å². The van der Waals surface area contributed by atoms with Gasteiger partial charge in [0.2, 0.25) is 0 Å². The summed E-state index contributed by atoms with van der Waals surface area (Å²) < 4.78 is 0. The average molecular weight is 286 g/mol. The van der Waals surface area contributed by atoms with Crippen molar-refractivity contribution in [1.82, 2.24) is 0 Å². The van der Waals surface area contributed by atoms with Gasteiger partial charge in [-0.1, -0.05) is 55.4 Å². The first-order chi connectivity index (χ1) is 8.55. The molecule has 2 N–H and O–H groups in total. The van der Waals surface area contributed by atoms with Crippen LogP contribution in [0, 0.1) is 21.7 Å². The Kier molecular flexibility index (Phi) is 5.09. The van der Waals surface area contributed by atoms with Gasteiger partial charge in [0, 0.05) is 0 Å². The fourth-order valence-corrected chi connectivity index (χ4v) is 3.33. The quantitative estimate of drug-likeness (QED) is 0.748. The summed E-state index contributed by atoms with van der Waals surface area (Å²) in [6.45, 7) is 15.1. The number of aliphatic carboxylic acids is 2. The summed E-state index contributed by atoms with van der Waals surface area (Å²) in [5, 5.41) is 19.4. The normalized spacial score (nSPS) is 14.2. The molecule has 20 heavy (non-hydrogen) atoms. The van der Waals surface area contributed by atoms with Crippen molar-refractivity contribution in [2.45, 2.75) is 68.2 Å². The summed E-state index contributed by atoms with van der Waals surface area (Å²) in [7, 11) is 0. The van der Waals surface area contributed by atoms with E-state index >= 15 is 0 Å². The molecule has 0 aliphatic heterocycles. The Labute approximate surface area is 122 Å². The Bertz CT molecular complexity index is 366. The largest absolute Gasteiger partial charge is 0.480 e. The molecule has 0 fully saturated rings. The van der Waals surface area contributed by atoms with Crippen LogP contribution in [0.4, 0.5) is 0 Å². The number of carboxylic acids is 2.